The normalized spacial score (nSPS) is 18.5. The summed E-state index contributed by atoms with van der Waals surface area (Å²) in [6.45, 7) is 3.38. The molecule has 0 radical (unpaired) electrons. The molecule has 0 aromatic carbocycles. The van der Waals surface area contributed by atoms with E-state index in [4.69, 9.17) is 36.4 Å². The fourth-order valence-electron chi connectivity index (χ4n) is 5.70. The molecule has 20 heteroatoms. The molecule has 3 aromatic rings. The summed E-state index contributed by atoms with van der Waals surface area (Å²) in [5, 5.41) is 50.6. The van der Waals surface area contributed by atoms with Crippen molar-refractivity contribution in [3.8, 4) is 0 Å². The molecular formula is C32H37ClN8O11. The van der Waals surface area contributed by atoms with Crippen LogP contribution in [-0.2, 0) is 36.9 Å². The number of hydrogen-bond donors (Lipinski definition) is 7. The van der Waals surface area contributed by atoms with Crippen LogP contribution in [0.5, 0.6) is 0 Å². The number of rotatable bonds is 10. The molecular weight excluding hydrogens is 708 g/mol. The highest BCUT2D eigenvalue weighted by molar-refractivity contribution is 6.39. The molecule has 3 atom stereocenters. The molecule has 5 rings (SSSR count). The van der Waals surface area contributed by atoms with Crippen LogP contribution in [0.4, 0.5) is 5.82 Å². The van der Waals surface area contributed by atoms with Crippen LogP contribution in [0.1, 0.15) is 71.5 Å². The average molecular weight is 745 g/mol. The standard InChI is InChI=1S/C26H29ClN8O4.C6H8O7/c1-14-33-34-26(39-14)15-3-6-19(30-24(37)25(38)32-22-8-5-17(27)12-28-22)21(11-15)31-23(36)20-7-4-16-13-35(2)10-9-18(16)29-20;7-3(8)1-6(13,5(11)12)2-4(9)10/h4-5,7-8,12,15,19,21H,3,6,9-11,13H2,1-2H3,(H,30,37)(H,31,36)(H,28,32,38);13H,1-2H2,(H,7,8)(H,9,10)(H,11,12)/t15-,19-,21+;/m0./s1. The van der Waals surface area contributed by atoms with Gasteiger partial charge in [0.25, 0.3) is 5.91 Å². The first-order valence-electron chi connectivity index (χ1n) is 15.9. The Bertz CT molecular complexity index is 1800. The maximum absolute atomic E-state index is 13.3. The van der Waals surface area contributed by atoms with Gasteiger partial charge in [0.1, 0.15) is 11.5 Å². The lowest BCUT2D eigenvalue weighted by atomic mass is 9.82. The van der Waals surface area contributed by atoms with E-state index in [-0.39, 0.29) is 17.6 Å². The number of aliphatic carboxylic acids is 3. The highest BCUT2D eigenvalue weighted by atomic mass is 35.5. The van der Waals surface area contributed by atoms with Crippen molar-refractivity contribution in [1.29, 1.82) is 0 Å². The Balaban J connectivity index is 0.000000398. The summed E-state index contributed by atoms with van der Waals surface area (Å²) in [4.78, 5) is 79.9. The van der Waals surface area contributed by atoms with Crippen LogP contribution >= 0.6 is 11.6 Å². The molecule has 2 aliphatic rings. The van der Waals surface area contributed by atoms with E-state index < -0.39 is 60.2 Å². The van der Waals surface area contributed by atoms with Gasteiger partial charge in [-0.3, -0.25) is 24.0 Å². The van der Waals surface area contributed by atoms with Gasteiger partial charge in [-0.2, -0.15) is 0 Å². The summed E-state index contributed by atoms with van der Waals surface area (Å²) in [5.74, 6) is -6.04. The number of carbonyl (C=O) groups excluding carboxylic acids is 3. The molecule has 52 heavy (non-hydrogen) atoms. The lowest BCUT2D eigenvalue weighted by Crippen LogP contribution is -2.56. The minimum atomic E-state index is -2.74. The molecule has 0 unspecified atom stereocenters. The van der Waals surface area contributed by atoms with Gasteiger partial charge >= 0.3 is 29.7 Å². The number of pyridine rings is 2. The number of carboxylic acid groups (broad SMARTS) is 3. The summed E-state index contributed by atoms with van der Waals surface area (Å²) in [7, 11) is 2.05. The third-order valence-corrected chi connectivity index (χ3v) is 8.53. The summed E-state index contributed by atoms with van der Waals surface area (Å²) >= 11 is 5.83. The van der Waals surface area contributed by atoms with Crippen LogP contribution in [0, 0.1) is 6.92 Å². The Labute approximate surface area is 300 Å². The van der Waals surface area contributed by atoms with E-state index in [1.807, 2.05) is 6.07 Å². The van der Waals surface area contributed by atoms with E-state index in [9.17, 15) is 28.8 Å². The number of likely N-dealkylation sites (N-methyl/N-ethyl adjacent to an activating group) is 1. The maximum atomic E-state index is 13.3. The highest BCUT2D eigenvalue weighted by Crippen LogP contribution is 2.33. The highest BCUT2D eigenvalue weighted by Gasteiger charge is 2.41. The molecule has 1 fully saturated rings. The molecule has 4 heterocycles. The zero-order valence-electron chi connectivity index (χ0n) is 28.0. The Kier molecular flexibility index (Phi) is 12.9. The lowest BCUT2D eigenvalue weighted by molar-refractivity contribution is -0.170. The van der Waals surface area contributed by atoms with Crippen LogP contribution in [0.3, 0.4) is 0 Å². The minimum absolute atomic E-state index is 0.108. The third-order valence-electron chi connectivity index (χ3n) is 8.31. The van der Waals surface area contributed by atoms with Gasteiger partial charge < -0.3 is 45.7 Å². The first-order valence-corrected chi connectivity index (χ1v) is 16.3. The number of hydrogen-bond acceptors (Lipinski definition) is 13. The van der Waals surface area contributed by atoms with E-state index >= 15 is 0 Å². The van der Waals surface area contributed by atoms with Crippen molar-refractivity contribution >= 4 is 53.0 Å². The van der Waals surface area contributed by atoms with Crippen molar-refractivity contribution in [1.82, 2.24) is 35.7 Å². The number of anilines is 1. The zero-order chi connectivity index (χ0) is 38.2. The maximum Gasteiger partial charge on any atom is 0.336 e. The van der Waals surface area contributed by atoms with E-state index in [1.54, 1.807) is 19.1 Å². The number of nitrogens with one attached hydrogen (secondary N) is 3. The molecule has 3 aromatic heterocycles. The molecule has 19 nitrogen and oxygen atoms in total. The number of amides is 3. The third kappa shape index (κ3) is 10.7. The number of aliphatic hydroxyl groups is 1. The van der Waals surface area contributed by atoms with Crippen LogP contribution < -0.4 is 16.0 Å². The molecule has 0 bridgehead atoms. The van der Waals surface area contributed by atoms with Gasteiger partial charge in [0.05, 0.1) is 23.9 Å². The second kappa shape index (κ2) is 17.1. The van der Waals surface area contributed by atoms with Crippen LogP contribution in [0.25, 0.3) is 0 Å². The molecule has 1 aliphatic carbocycles. The largest absolute Gasteiger partial charge is 0.481 e. The summed E-state index contributed by atoms with van der Waals surface area (Å²) in [6.07, 6.45) is 1.40. The topological polar surface area (TPSA) is 287 Å². The Morgan fingerprint density at radius 2 is 1.67 bits per heavy atom. The number of fused-ring (bicyclic) bond motifs is 1. The molecule has 278 valence electrons. The monoisotopic (exact) mass is 744 g/mol. The van der Waals surface area contributed by atoms with Crippen LogP contribution in [0.15, 0.2) is 34.9 Å². The van der Waals surface area contributed by atoms with Gasteiger partial charge in [0.2, 0.25) is 11.8 Å². The van der Waals surface area contributed by atoms with E-state index in [0.29, 0.717) is 41.8 Å². The summed E-state index contributed by atoms with van der Waals surface area (Å²) < 4.78 is 5.64. The van der Waals surface area contributed by atoms with Crippen molar-refractivity contribution in [3.63, 3.8) is 0 Å². The fourth-order valence-corrected chi connectivity index (χ4v) is 5.81. The van der Waals surface area contributed by atoms with Gasteiger partial charge in [-0.25, -0.2) is 14.8 Å². The van der Waals surface area contributed by atoms with Crippen molar-refractivity contribution in [2.75, 3.05) is 18.9 Å². The van der Waals surface area contributed by atoms with Crippen molar-refractivity contribution in [3.05, 3.63) is 64.2 Å². The van der Waals surface area contributed by atoms with Crippen molar-refractivity contribution in [2.45, 2.75) is 75.6 Å². The Hall–Kier alpha value is -5.53. The van der Waals surface area contributed by atoms with Gasteiger partial charge in [0.15, 0.2) is 5.60 Å². The fraction of sp³-hybridized carbons (Fsp3) is 0.438. The quantitative estimate of drug-likeness (QED) is 0.141. The minimum Gasteiger partial charge on any atom is -0.481 e. The predicted octanol–water partition coefficient (Wildman–Crippen LogP) is 0.750. The van der Waals surface area contributed by atoms with Crippen molar-refractivity contribution in [2.24, 2.45) is 0 Å². The smallest absolute Gasteiger partial charge is 0.336 e. The molecule has 1 saturated carbocycles. The van der Waals surface area contributed by atoms with E-state index in [1.165, 1.54) is 12.3 Å². The van der Waals surface area contributed by atoms with E-state index in [2.05, 4.69) is 48.1 Å². The zero-order valence-corrected chi connectivity index (χ0v) is 28.8. The van der Waals surface area contributed by atoms with Gasteiger partial charge in [-0.15, -0.1) is 10.2 Å². The number of carbonyl (C=O) groups is 6. The first-order chi connectivity index (χ1) is 24.5. The number of aryl methyl sites for hydroxylation is 1. The number of halogens is 1. The molecule has 1 aliphatic heterocycles. The van der Waals surface area contributed by atoms with E-state index in [0.717, 1.165) is 30.8 Å². The van der Waals surface area contributed by atoms with Gasteiger partial charge in [-0.1, -0.05) is 17.7 Å². The van der Waals surface area contributed by atoms with Crippen LogP contribution in [0.2, 0.25) is 5.02 Å². The number of aromatic nitrogens is 4. The second-order valence-electron chi connectivity index (χ2n) is 12.4. The SMILES string of the molecule is Cc1nnc([C@H]2CC[C@H](NC(=O)C(=O)Nc3ccc(Cl)cn3)[C@H](NC(=O)c3ccc4c(n3)CCN(C)C4)C2)o1.O=C(O)CC(O)(CC(=O)O)C(=O)O. The molecule has 7 N–H and O–H groups in total. The number of nitrogens with zero attached hydrogens (tertiary/aromatic N) is 5. The first kappa shape index (κ1) is 39.3. The Morgan fingerprint density at radius 3 is 2.27 bits per heavy atom. The van der Waals surface area contributed by atoms with Crippen molar-refractivity contribution < 1.29 is 53.6 Å². The van der Waals surface area contributed by atoms with Gasteiger partial charge in [-0.05, 0) is 50.1 Å². The molecule has 3 amide bonds. The molecule has 0 spiro atoms. The molecule has 0 saturated heterocycles. The predicted molar refractivity (Wildman–Crippen MR) is 178 cm³/mol. The van der Waals surface area contributed by atoms with Crippen LogP contribution in [-0.4, -0.2) is 112 Å². The summed E-state index contributed by atoms with van der Waals surface area (Å²) in [6, 6.07) is 5.70. The Morgan fingerprint density at radius 1 is 0.962 bits per heavy atom. The number of carboxylic acids is 3. The second-order valence-corrected chi connectivity index (χ2v) is 12.8. The lowest BCUT2D eigenvalue weighted by Gasteiger charge is -2.35. The average Bonchev–Trinajstić information content (AvgIpc) is 3.51. The summed E-state index contributed by atoms with van der Waals surface area (Å²) in [5.41, 5.74) is -0.403. The van der Waals surface area contributed by atoms with Gasteiger partial charge in [0, 0.05) is 50.3 Å².